The minimum absolute atomic E-state index is 0.0435. The van der Waals surface area contributed by atoms with Crippen molar-refractivity contribution < 1.29 is 0 Å². The van der Waals surface area contributed by atoms with E-state index in [1.165, 1.54) is 34.6 Å². The zero-order chi connectivity index (χ0) is 11.2. The van der Waals surface area contributed by atoms with Gasteiger partial charge in [0.25, 0.3) is 0 Å². The van der Waals surface area contributed by atoms with Gasteiger partial charge < -0.3 is 5.73 Å². The summed E-state index contributed by atoms with van der Waals surface area (Å²) in [5.74, 6) is 1.12. The normalized spacial score (nSPS) is 28.9. The number of fused-ring (bicyclic) bond motifs is 2. The molecule has 1 aromatic heterocycles. The fourth-order valence-electron chi connectivity index (χ4n) is 2.80. The van der Waals surface area contributed by atoms with Crippen LogP contribution in [0.25, 0.3) is 0 Å². The molecule has 0 radical (unpaired) electrons. The summed E-state index contributed by atoms with van der Waals surface area (Å²) in [7, 11) is 0. The molecule has 3 rings (SSSR count). The SMILES string of the molecule is Cc1cc2c(s1)C1(CCC2)CCSC(N)=N1. The first kappa shape index (κ1) is 10.7. The highest BCUT2D eigenvalue weighted by Crippen LogP contribution is 2.47. The molecule has 1 spiro atoms. The third-order valence-corrected chi connectivity index (χ3v) is 5.56. The minimum Gasteiger partial charge on any atom is -0.379 e. The quantitative estimate of drug-likeness (QED) is 0.770. The van der Waals surface area contributed by atoms with Crippen LogP contribution in [0.1, 0.15) is 34.6 Å². The van der Waals surface area contributed by atoms with Gasteiger partial charge in [0, 0.05) is 15.5 Å². The standard InChI is InChI=1S/C12H16N2S2/c1-8-7-9-3-2-4-12(10(9)16-8)5-6-15-11(13)14-12/h7H,2-6H2,1H3,(H2,13,14). The Kier molecular flexibility index (Phi) is 2.51. The Morgan fingerprint density at radius 2 is 2.31 bits per heavy atom. The van der Waals surface area contributed by atoms with E-state index in [1.807, 2.05) is 11.3 Å². The van der Waals surface area contributed by atoms with Gasteiger partial charge in [-0.15, -0.1) is 11.3 Å². The van der Waals surface area contributed by atoms with Gasteiger partial charge in [-0.05, 0) is 44.2 Å². The Labute approximate surface area is 104 Å². The smallest absolute Gasteiger partial charge is 0.154 e. The predicted octanol–water partition coefficient (Wildman–Crippen LogP) is 3.04. The van der Waals surface area contributed by atoms with Gasteiger partial charge in [-0.25, -0.2) is 0 Å². The maximum Gasteiger partial charge on any atom is 0.154 e. The summed E-state index contributed by atoms with van der Waals surface area (Å²) in [5.41, 5.74) is 7.49. The van der Waals surface area contributed by atoms with Gasteiger partial charge in [-0.3, -0.25) is 4.99 Å². The highest BCUT2D eigenvalue weighted by atomic mass is 32.2. The first-order chi connectivity index (χ1) is 7.70. The van der Waals surface area contributed by atoms with Crippen molar-refractivity contribution in [2.75, 3.05) is 5.75 Å². The maximum atomic E-state index is 5.92. The second-order valence-electron chi connectivity index (χ2n) is 4.65. The first-order valence-corrected chi connectivity index (χ1v) is 7.58. The van der Waals surface area contributed by atoms with Crippen LogP contribution in [0.5, 0.6) is 0 Å². The van der Waals surface area contributed by atoms with Crippen LogP contribution in [0.15, 0.2) is 11.1 Å². The molecular formula is C12H16N2S2. The molecule has 86 valence electrons. The molecule has 1 unspecified atom stereocenters. The second-order valence-corrected chi connectivity index (χ2v) is 7.02. The van der Waals surface area contributed by atoms with Gasteiger partial charge in [-0.1, -0.05) is 11.8 Å². The summed E-state index contributed by atoms with van der Waals surface area (Å²) in [5, 5.41) is 0.783. The third-order valence-electron chi connectivity index (χ3n) is 3.48. The number of rotatable bonds is 0. The van der Waals surface area contributed by atoms with E-state index in [4.69, 9.17) is 10.7 Å². The Morgan fingerprint density at radius 3 is 3.12 bits per heavy atom. The third kappa shape index (κ3) is 1.59. The summed E-state index contributed by atoms with van der Waals surface area (Å²) in [6.07, 6.45) is 4.82. The summed E-state index contributed by atoms with van der Waals surface area (Å²) in [4.78, 5) is 7.71. The van der Waals surface area contributed by atoms with Gasteiger partial charge in [-0.2, -0.15) is 0 Å². The monoisotopic (exact) mass is 252 g/mol. The lowest BCUT2D eigenvalue weighted by Gasteiger charge is -2.36. The fraction of sp³-hybridized carbons (Fsp3) is 0.583. The van der Waals surface area contributed by atoms with Gasteiger partial charge in [0.15, 0.2) is 5.17 Å². The molecule has 0 saturated carbocycles. The molecule has 1 aliphatic carbocycles. The summed E-state index contributed by atoms with van der Waals surface area (Å²) in [6.45, 7) is 2.20. The lowest BCUT2D eigenvalue weighted by molar-refractivity contribution is 0.373. The number of hydrogen-bond donors (Lipinski definition) is 1. The summed E-state index contributed by atoms with van der Waals surface area (Å²) >= 11 is 3.63. The Bertz CT molecular complexity index is 450. The van der Waals surface area contributed by atoms with E-state index in [-0.39, 0.29) is 5.54 Å². The molecule has 1 atom stereocenters. The summed E-state index contributed by atoms with van der Waals surface area (Å²) in [6, 6.07) is 2.34. The minimum atomic E-state index is 0.0435. The van der Waals surface area contributed by atoms with E-state index in [9.17, 15) is 0 Å². The van der Waals surface area contributed by atoms with E-state index >= 15 is 0 Å². The van der Waals surface area contributed by atoms with Crippen LogP contribution >= 0.6 is 23.1 Å². The molecule has 2 heterocycles. The molecule has 0 fully saturated rings. The zero-order valence-corrected chi connectivity index (χ0v) is 11.1. The van der Waals surface area contributed by atoms with Gasteiger partial charge >= 0.3 is 0 Å². The number of thiophene rings is 1. The Hall–Kier alpha value is -0.480. The lowest BCUT2D eigenvalue weighted by atomic mass is 9.81. The number of aryl methyl sites for hydroxylation is 2. The van der Waals surface area contributed by atoms with Crippen LogP contribution < -0.4 is 5.73 Å². The Balaban J connectivity index is 2.12. The molecule has 2 nitrogen and oxygen atoms in total. The fourth-order valence-corrected chi connectivity index (χ4v) is 4.94. The van der Waals surface area contributed by atoms with Crippen LogP contribution in [-0.4, -0.2) is 10.9 Å². The molecule has 0 bridgehead atoms. The first-order valence-electron chi connectivity index (χ1n) is 5.77. The Morgan fingerprint density at radius 1 is 1.44 bits per heavy atom. The molecule has 1 aliphatic heterocycles. The number of aliphatic imine (C=N–C) groups is 1. The largest absolute Gasteiger partial charge is 0.379 e. The van der Waals surface area contributed by atoms with Crippen LogP contribution in [-0.2, 0) is 12.0 Å². The van der Waals surface area contributed by atoms with Crippen molar-refractivity contribution in [3.05, 3.63) is 21.4 Å². The van der Waals surface area contributed by atoms with Crippen molar-refractivity contribution in [3.63, 3.8) is 0 Å². The van der Waals surface area contributed by atoms with E-state index in [0.717, 1.165) is 17.3 Å². The van der Waals surface area contributed by atoms with Crippen molar-refractivity contribution in [3.8, 4) is 0 Å². The van der Waals surface area contributed by atoms with Crippen molar-refractivity contribution in [2.24, 2.45) is 10.7 Å². The predicted molar refractivity (Wildman–Crippen MR) is 72.4 cm³/mol. The van der Waals surface area contributed by atoms with E-state index < -0.39 is 0 Å². The number of amidine groups is 1. The molecule has 0 aromatic carbocycles. The highest BCUT2D eigenvalue weighted by molar-refractivity contribution is 8.13. The van der Waals surface area contributed by atoms with Crippen LogP contribution in [0, 0.1) is 6.92 Å². The van der Waals surface area contributed by atoms with Crippen LogP contribution in [0.2, 0.25) is 0 Å². The second kappa shape index (κ2) is 3.77. The average molecular weight is 252 g/mol. The van der Waals surface area contributed by atoms with Crippen molar-refractivity contribution >= 4 is 28.3 Å². The lowest BCUT2D eigenvalue weighted by Crippen LogP contribution is -2.33. The van der Waals surface area contributed by atoms with E-state index in [1.54, 1.807) is 11.8 Å². The molecular weight excluding hydrogens is 236 g/mol. The van der Waals surface area contributed by atoms with Crippen molar-refractivity contribution in [1.82, 2.24) is 0 Å². The topological polar surface area (TPSA) is 38.4 Å². The number of nitrogens with zero attached hydrogens (tertiary/aromatic N) is 1. The van der Waals surface area contributed by atoms with Crippen LogP contribution in [0.3, 0.4) is 0 Å². The molecule has 0 amide bonds. The van der Waals surface area contributed by atoms with E-state index in [2.05, 4.69) is 13.0 Å². The van der Waals surface area contributed by atoms with Gasteiger partial charge in [0.05, 0.1) is 5.54 Å². The van der Waals surface area contributed by atoms with Crippen LogP contribution in [0.4, 0.5) is 0 Å². The number of hydrogen-bond acceptors (Lipinski definition) is 4. The molecule has 2 N–H and O–H groups in total. The zero-order valence-electron chi connectivity index (χ0n) is 9.45. The average Bonchev–Trinajstić information content (AvgIpc) is 2.60. The molecule has 2 aliphatic rings. The molecule has 0 saturated heterocycles. The van der Waals surface area contributed by atoms with Gasteiger partial charge in [0.1, 0.15) is 0 Å². The molecule has 1 aromatic rings. The van der Waals surface area contributed by atoms with Crippen molar-refractivity contribution in [2.45, 2.75) is 38.1 Å². The maximum absolute atomic E-state index is 5.92. The molecule has 4 heteroatoms. The van der Waals surface area contributed by atoms with Gasteiger partial charge in [0.2, 0.25) is 0 Å². The number of nitrogens with two attached hydrogens (primary N) is 1. The molecule has 16 heavy (non-hydrogen) atoms. The van der Waals surface area contributed by atoms with E-state index in [0.29, 0.717) is 0 Å². The van der Waals surface area contributed by atoms with Crippen molar-refractivity contribution in [1.29, 1.82) is 0 Å². The highest BCUT2D eigenvalue weighted by Gasteiger charge is 2.39. The summed E-state index contributed by atoms with van der Waals surface area (Å²) < 4.78 is 0. The number of thioether (sulfide) groups is 1.